The molecule has 1 aromatic rings. The standard InChI is InChI=1S/C18H23FN4O3/c1-8(2)6-11(16(20)24)22-17-14(19)10-7-21-18(25)13(10)15(23-17)12-5-4-9(3)26-12/h4,8,11-12H,5-7H2,1-3H3,(H2,20,24)(H,21,25)(H,22,23)/t11-,12?/m1/s1. The third-order valence-corrected chi connectivity index (χ3v) is 4.53. The zero-order valence-corrected chi connectivity index (χ0v) is 15.1. The Morgan fingerprint density at radius 2 is 2.27 bits per heavy atom. The molecular weight excluding hydrogens is 339 g/mol. The van der Waals surface area contributed by atoms with Crippen molar-refractivity contribution >= 4 is 17.6 Å². The van der Waals surface area contributed by atoms with E-state index in [1.165, 1.54) is 0 Å². The maximum Gasteiger partial charge on any atom is 0.254 e. The van der Waals surface area contributed by atoms with Crippen LogP contribution in [0.2, 0.25) is 0 Å². The molecular formula is C18H23FN4O3. The van der Waals surface area contributed by atoms with Crippen LogP contribution < -0.4 is 16.4 Å². The highest BCUT2D eigenvalue weighted by Crippen LogP contribution is 2.36. The Balaban J connectivity index is 2.01. The van der Waals surface area contributed by atoms with Gasteiger partial charge in [-0.15, -0.1) is 0 Å². The predicted molar refractivity (Wildman–Crippen MR) is 93.6 cm³/mol. The summed E-state index contributed by atoms with van der Waals surface area (Å²) in [6, 6.07) is -0.752. The van der Waals surface area contributed by atoms with Crippen molar-refractivity contribution in [3.63, 3.8) is 0 Å². The fourth-order valence-corrected chi connectivity index (χ4v) is 3.28. The van der Waals surface area contributed by atoms with E-state index in [9.17, 15) is 14.0 Å². The lowest BCUT2D eigenvalue weighted by molar-refractivity contribution is -0.119. The third kappa shape index (κ3) is 3.36. The van der Waals surface area contributed by atoms with Crippen molar-refractivity contribution in [2.45, 2.75) is 52.3 Å². The Bertz CT molecular complexity index is 791. The van der Waals surface area contributed by atoms with E-state index in [0.29, 0.717) is 18.5 Å². The number of ether oxygens (including phenoxy) is 1. The number of allylic oxidation sites excluding steroid dienone is 1. The number of pyridine rings is 1. The molecule has 1 unspecified atom stereocenters. The summed E-state index contributed by atoms with van der Waals surface area (Å²) in [7, 11) is 0. The Kier molecular flexibility index (Phi) is 4.84. The van der Waals surface area contributed by atoms with Crippen LogP contribution in [0.15, 0.2) is 11.8 Å². The summed E-state index contributed by atoms with van der Waals surface area (Å²) in [5, 5.41) is 5.45. The number of nitrogens with two attached hydrogens (primary N) is 1. The van der Waals surface area contributed by atoms with E-state index in [0.717, 1.165) is 5.76 Å². The van der Waals surface area contributed by atoms with Gasteiger partial charge in [0, 0.05) is 18.5 Å². The molecule has 26 heavy (non-hydrogen) atoms. The Labute approximate surface area is 151 Å². The Morgan fingerprint density at radius 1 is 1.54 bits per heavy atom. The second-order valence-corrected chi connectivity index (χ2v) is 7.08. The van der Waals surface area contributed by atoms with E-state index in [1.54, 1.807) is 0 Å². The van der Waals surface area contributed by atoms with Crippen LogP contribution in [0.1, 0.15) is 61.3 Å². The number of hydrogen-bond acceptors (Lipinski definition) is 5. The SMILES string of the molecule is CC1=CCC(c2nc(N[C@H](CC(C)C)C(N)=O)c(F)c3c2C(=O)NC3)O1. The molecule has 1 aromatic heterocycles. The van der Waals surface area contributed by atoms with E-state index in [2.05, 4.69) is 15.6 Å². The molecule has 140 valence electrons. The van der Waals surface area contributed by atoms with Crippen molar-refractivity contribution in [3.8, 4) is 0 Å². The molecule has 8 heteroatoms. The van der Waals surface area contributed by atoms with Gasteiger partial charge in [-0.05, 0) is 25.3 Å². The van der Waals surface area contributed by atoms with Crippen LogP contribution in [-0.2, 0) is 16.1 Å². The molecule has 0 aromatic carbocycles. The molecule has 0 bridgehead atoms. The van der Waals surface area contributed by atoms with Crippen molar-refractivity contribution in [3.05, 3.63) is 34.5 Å². The van der Waals surface area contributed by atoms with Gasteiger partial charge in [0.05, 0.1) is 17.0 Å². The number of primary amides is 1. The molecule has 0 saturated heterocycles. The molecule has 2 amide bonds. The number of amides is 2. The number of halogens is 1. The van der Waals surface area contributed by atoms with Gasteiger partial charge in [-0.25, -0.2) is 9.37 Å². The van der Waals surface area contributed by atoms with E-state index in [1.807, 2.05) is 26.8 Å². The summed E-state index contributed by atoms with van der Waals surface area (Å²) in [4.78, 5) is 28.2. The average Bonchev–Trinajstić information content (AvgIpc) is 3.15. The van der Waals surface area contributed by atoms with Crippen LogP contribution in [0.3, 0.4) is 0 Å². The van der Waals surface area contributed by atoms with Gasteiger partial charge in [0.15, 0.2) is 11.6 Å². The minimum Gasteiger partial charge on any atom is -0.489 e. The highest BCUT2D eigenvalue weighted by molar-refractivity contribution is 6.00. The number of carbonyl (C=O) groups excluding carboxylic acids is 2. The van der Waals surface area contributed by atoms with Crippen LogP contribution in [0.25, 0.3) is 0 Å². The van der Waals surface area contributed by atoms with Crippen LogP contribution in [-0.4, -0.2) is 22.8 Å². The maximum atomic E-state index is 14.9. The molecule has 0 aliphatic carbocycles. The first-order valence-electron chi connectivity index (χ1n) is 8.67. The lowest BCUT2D eigenvalue weighted by Crippen LogP contribution is -2.37. The highest BCUT2D eigenvalue weighted by atomic mass is 19.1. The first-order chi connectivity index (χ1) is 12.3. The summed E-state index contributed by atoms with van der Waals surface area (Å²) in [6.45, 7) is 5.78. The fraction of sp³-hybridized carbons (Fsp3) is 0.500. The summed E-state index contributed by atoms with van der Waals surface area (Å²) in [5.41, 5.74) is 6.28. The van der Waals surface area contributed by atoms with Crippen molar-refractivity contribution in [1.29, 1.82) is 0 Å². The predicted octanol–water partition coefficient (Wildman–Crippen LogP) is 2.14. The zero-order valence-electron chi connectivity index (χ0n) is 15.1. The molecule has 0 saturated carbocycles. The van der Waals surface area contributed by atoms with Gasteiger partial charge in [0.1, 0.15) is 12.1 Å². The molecule has 0 radical (unpaired) electrons. The highest BCUT2D eigenvalue weighted by Gasteiger charge is 2.35. The Hall–Kier alpha value is -2.64. The van der Waals surface area contributed by atoms with Gasteiger partial charge >= 0.3 is 0 Å². The normalized spacial score (nSPS) is 19.7. The number of fused-ring (bicyclic) bond motifs is 1. The first-order valence-corrected chi connectivity index (χ1v) is 8.67. The average molecular weight is 362 g/mol. The zero-order chi connectivity index (χ0) is 19.0. The monoisotopic (exact) mass is 362 g/mol. The van der Waals surface area contributed by atoms with Crippen molar-refractivity contribution in [1.82, 2.24) is 10.3 Å². The minimum atomic E-state index is -0.752. The largest absolute Gasteiger partial charge is 0.489 e. The smallest absolute Gasteiger partial charge is 0.254 e. The van der Waals surface area contributed by atoms with E-state index < -0.39 is 23.9 Å². The fourth-order valence-electron chi connectivity index (χ4n) is 3.28. The molecule has 2 aliphatic rings. The van der Waals surface area contributed by atoms with Gasteiger partial charge in [-0.2, -0.15) is 0 Å². The quantitative estimate of drug-likeness (QED) is 0.719. The van der Waals surface area contributed by atoms with Gasteiger partial charge in [-0.1, -0.05) is 13.8 Å². The molecule has 3 rings (SSSR count). The van der Waals surface area contributed by atoms with Crippen molar-refractivity contribution in [2.75, 3.05) is 5.32 Å². The number of nitrogens with one attached hydrogen (secondary N) is 2. The van der Waals surface area contributed by atoms with Gasteiger partial charge in [0.25, 0.3) is 5.91 Å². The van der Waals surface area contributed by atoms with Gasteiger partial charge in [-0.3, -0.25) is 9.59 Å². The van der Waals surface area contributed by atoms with E-state index in [4.69, 9.17) is 10.5 Å². The van der Waals surface area contributed by atoms with Crippen molar-refractivity contribution < 1.29 is 18.7 Å². The number of carbonyl (C=O) groups is 2. The first kappa shape index (κ1) is 18.2. The topological polar surface area (TPSA) is 106 Å². The molecule has 2 aliphatic heterocycles. The van der Waals surface area contributed by atoms with E-state index in [-0.39, 0.29) is 35.3 Å². The maximum absolute atomic E-state index is 14.9. The van der Waals surface area contributed by atoms with Crippen molar-refractivity contribution in [2.24, 2.45) is 11.7 Å². The minimum absolute atomic E-state index is 0.0761. The summed E-state index contributed by atoms with van der Waals surface area (Å²) in [6.07, 6.45) is 2.44. The lowest BCUT2D eigenvalue weighted by atomic mass is 10.0. The molecule has 2 atom stereocenters. The number of aromatic nitrogens is 1. The Morgan fingerprint density at radius 3 is 2.85 bits per heavy atom. The number of hydrogen-bond donors (Lipinski definition) is 3. The van der Waals surface area contributed by atoms with Crippen LogP contribution in [0.4, 0.5) is 10.2 Å². The summed E-state index contributed by atoms with van der Waals surface area (Å²) < 4.78 is 20.6. The number of nitrogens with zero attached hydrogens (tertiary/aromatic N) is 1. The summed E-state index contributed by atoms with van der Waals surface area (Å²) in [5.74, 6) is -0.740. The van der Waals surface area contributed by atoms with Crippen LogP contribution >= 0.6 is 0 Å². The van der Waals surface area contributed by atoms with Crippen LogP contribution in [0.5, 0.6) is 0 Å². The van der Waals surface area contributed by atoms with Gasteiger partial charge < -0.3 is 21.1 Å². The van der Waals surface area contributed by atoms with E-state index >= 15 is 0 Å². The molecule has 7 nitrogen and oxygen atoms in total. The van der Waals surface area contributed by atoms with Crippen LogP contribution in [0, 0.1) is 11.7 Å². The third-order valence-electron chi connectivity index (χ3n) is 4.53. The van der Waals surface area contributed by atoms with Gasteiger partial charge in [0.2, 0.25) is 5.91 Å². The molecule has 0 fully saturated rings. The number of rotatable bonds is 6. The number of anilines is 1. The lowest BCUT2D eigenvalue weighted by Gasteiger charge is -2.21. The summed E-state index contributed by atoms with van der Waals surface area (Å²) >= 11 is 0. The second kappa shape index (κ2) is 6.93. The molecule has 0 spiro atoms. The molecule has 4 N–H and O–H groups in total. The molecule has 3 heterocycles. The second-order valence-electron chi connectivity index (χ2n) is 7.08.